The van der Waals surface area contributed by atoms with Gasteiger partial charge >= 0.3 is 5.97 Å². The maximum absolute atomic E-state index is 12.2. The molecular formula is C16H25N3O5. The van der Waals surface area contributed by atoms with Crippen molar-refractivity contribution in [2.45, 2.75) is 71.0 Å². The van der Waals surface area contributed by atoms with Crippen LogP contribution in [0.25, 0.3) is 0 Å². The monoisotopic (exact) mass is 343 g/mol. The first-order valence-corrected chi connectivity index (χ1v) is 8.42. The van der Waals surface area contributed by atoms with Gasteiger partial charge in [0.2, 0.25) is 5.91 Å². The molecule has 8 nitrogen and oxygen atoms in total. The van der Waals surface area contributed by atoms with Gasteiger partial charge in [0, 0.05) is 24.9 Å². The molecule has 0 saturated carbocycles. The minimum atomic E-state index is -0.936. The van der Waals surface area contributed by atoms with Crippen LogP contribution in [0.3, 0.4) is 0 Å². The number of rotatable bonds is 5. The predicted octanol–water partition coefficient (Wildman–Crippen LogP) is 0.361. The molecule has 2 fully saturated rings. The zero-order valence-corrected chi connectivity index (χ0v) is 14.4. The van der Waals surface area contributed by atoms with E-state index in [-0.39, 0.29) is 25.3 Å². The molecule has 0 aromatic heterocycles. The van der Waals surface area contributed by atoms with Crippen molar-refractivity contribution in [2.24, 2.45) is 0 Å². The number of hydrogen-bond acceptors (Lipinski definition) is 6. The fraction of sp³-hybridized carbons (Fsp3) is 0.750. The van der Waals surface area contributed by atoms with Crippen molar-refractivity contribution in [3.05, 3.63) is 0 Å². The highest BCUT2D eigenvalue weighted by molar-refractivity contribution is 6.01. The van der Waals surface area contributed by atoms with Gasteiger partial charge < -0.3 is 10.2 Å². The van der Waals surface area contributed by atoms with Gasteiger partial charge in [0.15, 0.2) is 0 Å². The van der Waals surface area contributed by atoms with E-state index in [0.29, 0.717) is 17.1 Å². The summed E-state index contributed by atoms with van der Waals surface area (Å²) < 4.78 is 0. The second-order valence-corrected chi connectivity index (χ2v) is 6.58. The van der Waals surface area contributed by atoms with E-state index in [1.165, 1.54) is 6.92 Å². The number of piperidine rings is 1. The summed E-state index contributed by atoms with van der Waals surface area (Å²) in [7, 11) is 0. The molecule has 2 heterocycles. The van der Waals surface area contributed by atoms with Gasteiger partial charge in [-0.15, -0.1) is 5.06 Å². The minimum absolute atomic E-state index is 0.0393. The predicted molar refractivity (Wildman–Crippen MR) is 84.3 cm³/mol. The molecule has 24 heavy (non-hydrogen) atoms. The van der Waals surface area contributed by atoms with E-state index in [1.54, 1.807) is 0 Å². The quantitative estimate of drug-likeness (QED) is 0.440. The molecule has 1 N–H and O–H groups in total. The summed E-state index contributed by atoms with van der Waals surface area (Å²) in [6.07, 6.45) is 3.33. The Labute approximate surface area is 141 Å². The van der Waals surface area contributed by atoms with E-state index in [2.05, 4.69) is 24.1 Å². The Bertz CT molecular complexity index is 510. The molecule has 2 rings (SSSR count). The summed E-state index contributed by atoms with van der Waals surface area (Å²) in [4.78, 5) is 53.9. The van der Waals surface area contributed by atoms with Crippen molar-refractivity contribution in [3.8, 4) is 0 Å². The number of nitrogens with one attached hydrogen (secondary N) is 1. The van der Waals surface area contributed by atoms with Crippen molar-refractivity contribution >= 4 is 23.7 Å². The van der Waals surface area contributed by atoms with Gasteiger partial charge in [0.1, 0.15) is 6.04 Å². The first kappa shape index (κ1) is 18.4. The Balaban J connectivity index is 1.83. The fourth-order valence-electron chi connectivity index (χ4n) is 3.13. The van der Waals surface area contributed by atoms with Crippen molar-refractivity contribution in [1.82, 2.24) is 15.3 Å². The van der Waals surface area contributed by atoms with Crippen LogP contribution in [0.1, 0.15) is 52.9 Å². The largest absolute Gasteiger partial charge is 0.354 e. The third-order valence-corrected chi connectivity index (χ3v) is 4.62. The lowest BCUT2D eigenvalue weighted by Crippen LogP contribution is -2.51. The van der Waals surface area contributed by atoms with Crippen molar-refractivity contribution in [3.63, 3.8) is 0 Å². The summed E-state index contributed by atoms with van der Waals surface area (Å²) in [6.45, 7) is 5.85. The number of hydrogen-bond donors (Lipinski definition) is 1. The number of likely N-dealkylation sites (tertiary alicyclic amines) is 1. The lowest BCUT2D eigenvalue weighted by Gasteiger charge is -2.38. The number of imide groups is 1. The summed E-state index contributed by atoms with van der Waals surface area (Å²) in [5, 5.41) is 3.05. The third kappa shape index (κ3) is 4.31. The molecule has 3 unspecified atom stereocenters. The summed E-state index contributed by atoms with van der Waals surface area (Å²) in [6, 6.07) is -0.294. The molecule has 0 aliphatic carbocycles. The Morgan fingerprint density at radius 3 is 2.25 bits per heavy atom. The van der Waals surface area contributed by atoms with E-state index in [4.69, 9.17) is 4.84 Å². The molecule has 0 aromatic rings. The van der Waals surface area contributed by atoms with Gasteiger partial charge in [-0.2, -0.15) is 0 Å². The second-order valence-electron chi connectivity index (χ2n) is 6.58. The Morgan fingerprint density at radius 2 is 1.71 bits per heavy atom. The first-order chi connectivity index (χ1) is 11.3. The molecule has 3 amide bonds. The first-order valence-electron chi connectivity index (χ1n) is 8.42. The van der Waals surface area contributed by atoms with Gasteiger partial charge in [0.25, 0.3) is 11.8 Å². The molecule has 134 valence electrons. The smallest absolute Gasteiger partial charge is 0.342 e. The average molecular weight is 343 g/mol. The highest BCUT2D eigenvalue weighted by Crippen LogP contribution is 2.21. The van der Waals surface area contributed by atoms with E-state index in [1.807, 2.05) is 0 Å². The van der Waals surface area contributed by atoms with Gasteiger partial charge in [0.05, 0.1) is 6.54 Å². The highest BCUT2D eigenvalue weighted by Gasteiger charge is 2.34. The van der Waals surface area contributed by atoms with Crippen molar-refractivity contribution in [2.75, 3.05) is 6.54 Å². The van der Waals surface area contributed by atoms with Crippen LogP contribution < -0.4 is 5.32 Å². The van der Waals surface area contributed by atoms with Crippen molar-refractivity contribution in [1.29, 1.82) is 0 Å². The molecule has 0 bridgehead atoms. The topological polar surface area (TPSA) is 96.0 Å². The molecule has 2 aliphatic rings. The molecule has 3 atom stereocenters. The van der Waals surface area contributed by atoms with Crippen LogP contribution in [0.15, 0.2) is 0 Å². The van der Waals surface area contributed by atoms with Gasteiger partial charge in [-0.25, -0.2) is 4.79 Å². The minimum Gasteiger partial charge on any atom is -0.342 e. The van der Waals surface area contributed by atoms with Gasteiger partial charge in [-0.05, 0) is 33.6 Å². The van der Waals surface area contributed by atoms with Crippen molar-refractivity contribution < 1.29 is 24.0 Å². The standard InChI is InChI=1S/C16H25N3O5/c1-10-5-4-6-11(2)18(10)9-13(20)17-12(3)16(23)24-19-14(21)7-8-15(19)22/h10-12H,4-9H2,1-3H3,(H,17,20)/i3+1,12+1,16+1,17+1. The Morgan fingerprint density at radius 1 is 1.17 bits per heavy atom. The average Bonchev–Trinajstić information content (AvgIpc) is 2.83. The molecular weight excluding hydrogens is 318 g/mol. The van der Waals surface area contributed by atoms with Crippen LogP contribution in [0, 0.1) is 0 Å². The van der Waals surface area contributed by atoms with E-state index in [0.717, 1.165) is 19.3 Å². The maximum atomic E-state index is 12.2. The molecule has 0 radical (unpaired) electrons. The number of nitrogens with zero attached hydrogens (tertiary/aromatic N) is 2. The normalized spacial score (nSPS) is 26.4. The highest BCUT2D eigenvalue weighted by atomic mass is 16.8. The number of amides is 3. The number of carbonyl (C=O) groups excluding carboxylic acids is 4. The Kier molecular flexibility index (Phi) is 5.93. The molecule has 8 heteroatoms. The van der Waals surface area contributed by atoms with Crippen LogP contribution in [0.4, 0.5) is 0 Å². The molecule has 2 aliphatic heterocycles. The van der Waals surface area contributed by atoms with Crippen LogP contribution in [0.2, 0.25) is 0 Å². The van der Waals surface area contributed by atoms with E-state index < -0.39 is 23.8 Å². The lowest BCUT2D eigenvalue weighted by atomic mass is 9.98. The van der Waals surface area contributed by atoms with Crippen LogP contribution in [0.5, 0.6) is 0 Å². The van der Waals surface area contributed by atoms with Crippen LogP contribution >= 0.6 is 0 Å². The fourth-order valence-corrected chi connectivity index (χ4v) is 3.13. The molecule has 0 aromatic carbocycles. The molecule has 2 saturated heterocycles. The maximum Gasteiger partial charge on any atom is 0.354 e. The zero-order chi connectivity index (χ0) is 17.9. The number of carbonyl (C=O) groups is 4. The Hall–Kier alpha value is -1.96. The van der Waals surface area contributed by atoms with Crippen LogP contribution in [-0.2, 0) is 24.0 Å². The number of hydroxylamine groups is 2. The van der Waals surface area contributed by atoms with Crippen LogP contribution in [-0.4, -0.2) is 58.3 Å². The SMILES string of the molecule is CC1CCCC(C)N1CC(=O)[15NH][13CH]([13CH3])[13C](=O)ON1C(=O)CCC1=O. The van der Waals surface area contributed by atoms with Gasteiger partial charge in [-0.1, -0.05) is 6.42 Å². The van der Waals surface area contributed by atoms with Gasteiger partial charge in [-0.3, -0.25) is 19.3 Å². The van der Waals surface area contributed by atoms with E-state index in [9.17, 15) is 19.2 Å². The summed E-state index contributed by atoms with van der Waals surface area (Å²) >= 11 is 0. The zero-order valence-electron chi connectivity index (χ0n) is 14.4. The second kappa shape index (κ2) is 7.74. The summed E-state index contributed by atoms with van der Waals surface area (Å²) in [5.74, 6) is -2.18. The molecule has 0 spiro atoms. The van der Waals surface area contributed by atoms with E-state index >= 15 is 0 Å². The lowest BCUT2D eigenvalue weighted by molar-refractivity contribution is -0.198. The third-order valence-electron chi connectivity index (χ3n) is 4.62. The summed E-state index contributed by atoms with van der Waals surface area (Å²) in [5.41, 5.74) is 0.